The Balaban J connectivity index is 0.00000144. The molecule has 0 unspecified atom stereocenters. The minimum absolute atomic E-state index is 0. The van der Waals surface area contributed by atoms with E-state index in [1.54, 1.807) is 12.4 Å². The Morgan fingerprint density at radius 1 is 1.12 bits per heavy atom. The van der Waals surface area contributed by atoms with E-state index in [0.29, 0.717) is 6.42 Å². The van der Waals surface area contributed by atoms with E-state index in [1.807, 2.05) is 36.4 Å². The zero-order valence-electron chi connectivity index (χ0n) is 8.97. The fraction of sp³-hybridized carbons (Fsp3) is 0.0769. The van der Waals surface area contributed by atoms with Crippen molar-refractivity contribution in [2.75, 3.05) is 0 Å². The second kappa shape index (κ2) is 6.86. The first kappa shape index (κ1) is 14.3. The van der Waals surface area contributed by atoms with Gasteiger partial charge in [0.1, 0.15) is 0 Å². The quantitative estimate of drug-likeness (QED) is 0.574. The molecule has 1 heterocycles. The molecule has 0 amide bonds. The molecular weight excluding hydrogens is 393 g/mol. The Kier molecular flexibility index (Phi) is 5.77. The second-order valence-corrected chi connectivity index (χ2v) is 4.29. The van der Waals surface area contributed by atoms with E-state index in [4.69, 9.17) is 0 Å². The van der Waals surface area contributed by atoms with E-state index in [-0.39, 0.29) is 29.8 Å². The molecule has 2 nitrogen and oxygen atoms in total. The van der Waals surface area contributed by atoms with E-state index in [1.165, 1.54) is 0 Å². The average Bonchev–Trinajstić information content (AvgIpc) is 2.31. The smallest absolute Gasteiger partial charge is 0.168 e. The number of nitrogens with zero attached hydrogens (tertiary/aromatic N) is 1. The third-order valence-corrected chi connectivity index (χ3v) is 2.98. The average molecular weight is 404 g/mol. The lowest BCUT2D eigenvalue weighted by atomic mass is 10.0. The number of pyridine rings is 1. The maximum absolute atomic E-state index is 12.0. The summed E-state index contributed by atoms with van der Waals surface area (Å²) in [5.74, 6) is 0.110. The number of Topliss-reactive ketones (excluding diaryl/α,β-unsaturated/α-hetero) is 1. The van der Waals surface area contributed by atoms with Gasteiger partial charge in [0.25, 0.3) is 0 Å². The van der Waals surface area contributed by atoms with Crippen LogP contribution in [0.5, 0.6) is 0 Å². The third kappa shape index (κ3) is 3.89. The summed E-state index contributed by atoms with van der Waals surface area (Å²) in [6, 6.07) is 11.2. The molecule has 0 saturated carbocycles. The summed E-state index contributed by atoms with van der Waals surface area (Å²) in [5, 5.41) is 0. The first-order valence-corrected chi connectivity index (χ1v) is 5.73. The van der Waals surface area contributed by atoms with Crippen LogP contribution in [-0.2, 0) is 6.42 Å². The molecule has 2 rings (SSSR count). The van der Waals surface area contributed by atoms with Gasteiger partial charge in [0.05, 0.1) is 0 Å². The zero-order chi connectivity index (χ0) is 11.4. The first-order chi connectivity index (χ1) is 7.77. The van der Waals surface area contributed by atoms with Crippen molar-refractivity contribution < 1.29 is 4.79 Å². The molecule has 1 aromatic carbocycles. The van der Waals surface area contributed by atoms with Gasteiger partial charge >= 0.3 is 0 Å². The van der Waals surface area contributed by atoms with Crippen LogP contribution >= 0.6 is 39.9 Å². The lowest BCUT2D eigenvalue weighted by Crippen LogP contribution is -2.04. The van der Waals surface area contributed by atoms with Crippen LogP contribution in [0, 0.1) is 0 Å². The van der Waals surface area contributed by atoms with Gasteiger partial charge in [0, 0.05) is 28.9 Å². The van der Waals surface area contributed by atoms with Gasteiger partial charge in [-0.25, -0.2) is 0 Å². The van der Waals surface area contributed by atoms with Gasteiger partial charge in [-0.3, -0.25) is 9.78 Å². The van der Waals surface area contributed by atoms with Gasteiger partial charge in [-0.1, -0.05) is 34.1 Å². The van der Waals surface area contributed by atoms with Gasteiger partial charge in [0.2, 0.25) is 0 Å². The van der Waals surface area contributed by atoms with Crippen LogP contribution in [0.2, 0.25) is 0 Å². The molecule has 1 aromatic heterocycles. The van der Waals surface area contributed by atoms with E-state index in [2.05, 4.69) is 20.9 Å². The lowest BCUT2D eigenvalue weighted by Gasteiger charge is -2.03. The number of benzene rings is 1. The number of hydrogen-bond acceptors (Lipinski definition) is 2. The summed E-state index contributed by atoms with van der Waals surface area (Å²) < 4.78 is 0.842. The number of carbonyl (C=O) groups is 1. The Labute approximate surface area is 126 Å². The van der Waals surface area contributed by atoms with Crippen LogP contribution in [0.3, 0.4) is 0 Å². The van der Waals surface area contributed by atoms with Gasteiger partial charge in [0.15, 0.2) is 5.78 Å². The molecule has 0 aliphatic heterocycles. The molecule has 0 atom stereocenters. The molecule has 2 aromatic rings. The third-order valence-electron chi connectivity index (χ3n) is 2.29. The fourth-order valence-corrected chi connectivity index (χ4v) is 1.97. The monoisotopic (exact) mass is 403 g/mol. The van der Waals surface area contributed by atoms with E-state index in [0.717, 1.165) is 15.6 Å². The lowest BCUT2D eigenvalue weighted by molar-refractivity contribution is 0.0992. The van der Waals surface area contributed by atoms with Crippen LogP contribution < -0.4 is 0 Å². The van der Waals surface area contributed by atoms with Crippen molar-refractivity contribution in [3.05, 3.63) is 64.4 Å². The van der Waals surface area contributed by atoms with Crippen LogP contribution in [0.25, 0.3) is 0 Å². The molecular formula is C13H11BrINO. The van der Waals surface area contributed by atoms with Crippen molar-refractivity contribution in [2.24, 2.45) is 0 Å². The Morgan fingerprint density at radius 2 is 1.76 bits per heavy atom. The maximum atomic E-state index is 12.0. The molecule has 17 heavy (non-hydrogen) atoms. The Bertz CT molecular complexity index is 502. The largest absolute Gasteiger partial charge is 0.294 e. The second-order valence-electron chi connectivity index (χ2n) is 3.44. The molecule has 0 bridgehead atoms. The highest BCUT2D eigenvalue weighted by atomic mass is 127. The van der Waals surface area contributed by atoms with Gasteiger partial charge in [-0.05, 0) is 23.8 Å². The van der Waals surface area contributed by atoms with E-state index in [9.17, 15) is 4.79 Å². The van der Waals surface area contributed by atoms with Crippen LogP contribution in [-0.4, -0.2) is 10.8 Å². The molecule has 0 fully saturated rings. The van der Waals surface area contributed by atoms with Crippen LogP contribution in [0.15, 0.2) is 53.3 Å². The topological polar surface area (TPSA) is 30.0 Å². The molecule has 0 aliphatic carbocycles. The van der Waals surface area contributed by atoms with Gasteiger partial charge < -0.3 is 0 Å². The van der Waals surface area contributed by atoms with Crippen molar-refractivity contribution in [1.82, 2.24) is 4.98 Å². The summed E-state index contributed by atoms with van der Waals surface area (Å²) in [7, 11) is 0. The molecule has 88 valence electrons. The standard InChI is InChI=1S/C13H10BrNO.HI/c14-12-4-2-1-3-11(12)13(16)9-10-5-7-15-8-6-10;/h1-8H,9H2;1H. The van der Waals surface area contributed by atoms with Gasteiger partial charge in [-0.15, -0.1) is 24.0 Å². The van der Waals surface area contributed by atoms with Crippen molar-refractivity contribution in [1.29, 1.82) is 0 Å². The highest BCUT2D eigenvalue weighted by Gasteiger charge is 2.09. The maximum Gasteiger partial charge on any atom is 0.168 e. The fourth-order valence-electron chi connectivity index (χ4n) is 1.47. The molecule has 0 spiro atoms. The number of halogens is 2. The molecule has 0 saturated heterocycles. The van der Waals surface area contributed by atoms with Crippen LogP contribution in [0.1, 0.15) is 15.9 Å². The normalized spacial score (nSPS) is 9.47. The van der Waals surface area contributed by atoms with E-state index >= 15 is 0 Å². The first-order valence-electron chi connectivity index (χ1n) is 4.94. The van der Waals surface area contributed by atoms with Crippen molar-refractivity contribution >= 4 is 45.7 Å². The van der Waals surface area contributed by atoms with Crippen molar-refractivity contribution in [3.63, 3.8) is 0 Å². The summed E-state index contributed by atoms with van der Waals surface area (Å²) >= 11 is 3.38. The van der Waals surface area contributed by atoms with Gasteiger partial charge in [-0.2, -0.15) is 0 Å². The molecule has 0 N–H and O–H groups in total. The SMILES string of the molecule is I.O=C(Cc1ccncc1)c1ccccc1Br. The summed E-state index contributed by atoms with van der Waals surface area (Å²) in [5.41, 5.74) is 1.70. The predicted molar refractivity (Wildman–Crippen MR) is 81.8 cm³/mol. The predicted octanol–water partition coefficient (Wildman–Crippen LogP) is 3.89. The van der Waals surface area contributed by atoms with E-state index < -0.39 is 0 Å². The number of ketones is 1. The molecule has 4 heteroatoms. The summed E-state index contributed by atoms with van der Waals surface area (Å²) in [4.78, 5) is 15.9. The Morgan fingerprint density at radius 3 is 2.41 bits per heavy atom. The highest BCUT2D eigenvalue weighted by Crippen LogP contribution is 2.17. The van der Waals surface area contributed by atoms with Crippen LogP contribution in [0.4, 0.5) is 0 Å². The van der Waals surface area contributed by atoms with Crippen molar-refractivity contribution in [2.45, 2.75) is 6.42 Å². The van der Waals surface area contributed by atoms with Crippen molar-refractivity contribution in [3.8, 4) is 0 Å². The summed E-state index contributed by atoms with van der Waals surface area (Å²) in [6.07, 6.45) is 3.80. The minimum Gasteiger partial charge on any atom is -0.294 e. The highest BCUT2D eigenvalue weighted by molar-refractivity contribution is 14.0. The molecule has 0 aliphatic rings. The Hall–Kier alpha value is -0.750. The summed E-state index contributed by atoms with van der Waals surface area (Å²) in [6.45, 7) is 0. The number of hydrogen-bond donors (Lipinski definition) is 0. The number of carbonyl (C=O) groups excluding carboxylic acids is 1. The number of rotatable bonds is 3. The molecule has 0 radical (unpaired) electrons. The number of aromatic nitrogens is 1. The minimum atomic E-state index is 0. The zero-order valence-corrected chi connectivity index (χ0v) is 12.9.